The molecule has 0 heterocycles. The van der Waals surface area contributed by atoms with Crippen LogP contribution in [0, 0.1) is 5.92 Å². The third-order valence-electron chi connectivity index (χ3n) is 3.75. The van der Waals surface area contributed by atoms with Crippen molar-refractivity contribution in [2.24, 2.45) is 11.7 Å². The quantitative estimate of drug-likeness (QED) is 0.803. The Morgan fingerprint density at radius 3 is 2.45 bits per heavy atom. The molecule has 1 aliphatic rings. The van der Waals surface area contributed by atoms with Crippen LogP contribution in [0.1, 0.15) is 43.7 Å². The first-order valence-corrected chi connectivity index (χ1v) is 7.53. The second-order valence-corrected chi connectivity index (χ2v) is 6.33. The maximum atomic E-state index is 12.4. The number of thioether (sulfide) groups is 1. The van der Waals surface area contributed by atoms with Crippen LogP contribution in [0.15, 0.2) is 23.1 Å². The number of phenolic OH excluding ortho intramolecular Hbond substituents is 1. The molecule has 1 fully saturated rings. The number of hydrogen-bond donors (Lipinski definition) is 2. The van der Waals surface area contributed by atoms with E-state index in [9.17, 15) is 18.3 Å². The average Bonchev–Trinajstić information content (AvgIpc) is 2.40. The van der Waals surface area contributed by atoms with Crippen molar-refractivity contribution in [2.75, 3.05) is 0 Å². The van der Waals surface area contributed by atoms with E-state index in [1.807, 2.05) is 0 Å². The highest BCUT2D eigenvalue weighted by Crippen LogP contribution is 2.41. The van der Waals surface area contributed by atoms with Crippen molar-refractivity contribution in [3.8, 4) is 5.75 Å². The Labute approximate surface area is 120 Å². The van der Waals surface area contributed by atoms with E-state index in [1.165, 1.54) is 24.6 Å². The van der Waals surface area contributed by atoms with Gasteiger partial charge >= 0.3 is 5.51 Å². The van der Waals surface area contributed by atoms with Crippen LogP contribution in [0.4, 0.5) is 13.2 Å². The topological polar surface area (TPSA) is 46.2 Å². The zero-order valence-corrected chi connectivity index (χ0v) is 11.8. The van der Waals surface area contributed by atoms with Gasteiger partial charge in [-0.25, -0.2) is 0 Å². The van der Waals surface area contributed by atoms with Crippen LogP contribution in [0.5, 0.6) is 5.75 Å². The Balaban J connectivity index is 2.18. The molecular weight excluding hydrogens is 287 g/mol. The highest BCUT2D eigenvalue weighted by atomic mass is 32.2. The Morgan fingerprint density at radius 1 is 1.20 bits per heavy atom. The van der Waals surface area contributed by atoms with Gasteiger partial charge in [-0.3, -0.25) is 0 Å². The fraction of sp³-hybridized carbons (Fsp3) is 0.571. The number of rotatable bonds is 3. The second-order valence-electron chi connectivity index (χ2n) is 5.19. The summed E-state index contributed by atoms with van der Waals surface area (Å²) < 4.78 is 37.2. The van der Waals surface area contributed by atoms with Gasteiger partial charge in [-0.1, -0.05) is 19.3 Å². The Bertz CT molecular complexity index is 458. The second kappa shape index (κ2) is 6.26. The van der Waals surface area contributed by atoms with Crippen LogP contribution in [0.25, 0.3) is 0 Å². The largest absolute Gasteiger partial charge is 0.508 e. The maximum Gasteiger partial charge on any atom is 0.446 e. The molecule has 2 rings (SSSR count). The lowest BCUT2D eigenvalue weighted by Crippen LogP contribution is -2.23. The molecule has 6 heteroatoms. The molecule has 1 aliphatic carbocycles. The summed E-state index contributed by atoms with van der Waals surface area (Å²) in [6, 6.07) is 3.53. The minimum atomic E-state index is -4.33. The van der Waals surface area contributed by atoms with Gasteiger partial charge in [0.2, 0.25) is 0 Å². The van der Waals surface area contributed by atoms with E-state index in [-0.39, 0.29) is 28.3 Å². The minimum Gasteiger partial charge on any atom is -0.508 e. The van der Waals surface area contributed by atoms with Crippen molar-refractivity contribution in [2.45, 2.75) is 48.5 Å². The van der Waals surface area contributed by atoms with Crippen LogP contribution in [-0.2, 0) is 0 Å². The van der Waals surface area contributed by atoms with Gasteiger partial charge in [-0.2, -0.15) is 13.2 Å². The number of hydrogen-bond acceptors (Lipinski definition) is 3. The molecule has 0 saturated heterocycles. The number of alkyl halides is 3. The number of aromatic hydroxyl groups is 1. The van der Waals surface area contributed by atoms with Gasteiger partial charge in [-0.15, -0.1) is 0 Å². The monoisotopic (exact) mass is 305 g/mol. The zero-order valence-electron chi connectivity index (χ0n) is 11.0. The minimum absolute atomic E-state index is 0.0189. The standard InChI is InChI=1S/C14H18F3NOS/c15-14(16,17)20-10-6-7-12(19)11(8-10)13(18)9-4-2-1-3-5-9/h6-9,13,19H,1-5,18H2/t13-/m1/s1. The summed E-state index contributed by atoms with van der Waals surface area (Å²) in [5.74, 6) is 0.218. The molecule has 0 bridgehead atoms. The smallest absolute Gasteiger partial charge is 0.446 e. The molecule has 1 aromatic carbocycles. The summed E-state index contributed by atoms with van der Waals surface area (Å²) in [4.78, 5) is 0.0663. The first-order valence-electron chi connectivity index (χ1n) is 6.71. The maximum absolute atomic E-state index is 12.4. The van der Waals surface area contributed by atoms with Crippen molar-refractivity contribution < 1.29 is 18.3 Å². The van der Waals surface area contributed by atoms with Crippen LogP contribution in [0.3, 0.4) is 0 Å². The zero-order chi connectivity index (χ0) is 14.8. The predicted octanol–water partition coefficient (Wildman–Crippen LogP) is 4.58. The van der Waals surface area contributed by atoms with Crippen molar-refractivity contribution >= 4 is 11.8 Å². The van der Waals surface area contributed by atoms with Gasteiger partial charge in [0.25, 0.3) is 0 Å². The molecule has 0 amide bonds. The third-order valence-corrected chi connectivity index (χ3v) is 4.47. The van der Waals surface area contributed by atoms with Crippen molar-refractivity contribution in [3.05, 3.63) is 23.8 Å². The lowest BCUT2D eigenvalue weighted by molar-refractivity contribution is -0.0328. The van der Waals surface area contributed by atoms with Gasteiger partial charge < -0.3 is 10.8 Å². The van der Waals surface area contributed by atoms with E-state index < -0.39 is 11.6 Å². The molecule has 0 aliphatic heterocycles. The molecule has 112 valence electrons. The lowest BCUT2D eigenvalue weighted by Gasteiger charge is -2.28. The van der Waals surface area contributed by atoms with Gasteiger partial charge in [-0.05, 0) is 48.7 Å². The lowest BCUT2D eigenvalue weighted by atomic mass is 9.81. The fourth-order valence-corrected chi connectivity index (χ4v) is 3.33. The number of phenols is 1. The molecule has 0 spiro atoms. The van der Waals surface area contributed by atoms with Crippen LogP contribution < -0.4 is 5.73 Å². The molecule has 2 nitrogen and oxygen atoms in total. The van der Waals surface area contributed by atoms with Crippen molar-refractivity contribution in [3.63, 3.8) is 0 Å². The molecule has 1 atom stereocenters. The summed E-state index contributed by atoms with van der Waals surface area (Å²) in [6.45, 7) is 0. The normalized spacial score (nSPS) is 19.0. The van der Waals surface area contributed by atoms with E-state index >= 15 is 0 Å². The molecule has 0 unspecified atom stereocenters. The van der Waals surface area contributed by atoms with Crippen molar-refractivity contribution in [1.29, 1.82) is 0 Å². The van der Waals surface area contributed by atoms with E-state index in [1.54, 1.807) is 0 Å². The summed E-state index contributed by atoms with van der Waals surface area (Å²) in [7, 11) is 0. The van der Waals surface area contributed by atoms with Crippen LogP contribution in [-0.4, -0.2) is 10.6 Å². The molecule has 1 aromatic rings. The highest BCUT2D eigenvalue weighted by Gasteiger charge is 2.30. The number of nitrogens with two attached hydrogens (primary N) is 1. The Kier molecular flexibility index (Phi) is 4.86. The molecule has 0 aromatic heterocycles. The Hall–Kier alpha value is -0.880. The first kappa shape index (κ1) is 15.5. The predicted molar refractivity (Wildman–Crippen MR) is 73.5 cm³/mol. The Morgan fingerprint density at radius 2 is 1.85 bits per heavy atom. The third kappa shape index (κ3) is 4.06. The summed E-state index contributed by atoms with van der Waals surface area (Å²) in [5, 5.41) is 9.86. The van der Waals surface area contributed by atoms with E-state index in [0.717, 1.165) is 25.7 Å². The summed E-state index contributed by atoms with van der Waals surface area (Å²) in [5.41, 5.74) is 2.24. The summed E-state index contributed by atoms with van der Waals surface area (Å²) in [6.07, 6.45) is 5.31. The average molecular weight is 305 g/mol. The number of halogens is 3. The summed E-state index contributed by atoms with van der Waals surface area (Å²) >= 11 is -0.179. The van der Waals surface area contributed by atoms with Gasteiger partial charge in [0.1, 0.15) is 5.75 Å². The van der Waals surface area contributed by atoms with Crippen molar-refractivity contribution in [1.82, 2.24) is 0 Å². The molecule has 3 N–H and O–H groups in total. The van der Waals surface area contributed by atoms with Crippen LogP contribution in [0.2, 0.25) is 0 Å². The number of benzene rings is 1. The van der Waals surface area contributed by atoms with Gasteiger partial charge in [0, 0.05) is 16.5 Å². The SMILES string of the molecule is N[C@@H](c1cc(SC(F)(F)F)ccc1O)C1CCCCC1. The highest BCUT2D eigenvalue weighted by molar-refractivity contribution is 8.00. The van der Waals surface area contributed by atoms with Gasteiger partial charge in [0.15, 0.2) is 0 Å². The molecular formula is C14H18F3NOS. The van der Waals surface area contributed by atoms with Gasteiger partial charge in [0.05, 0.1) is 0 Å². The van der Waals surface area contributed by atoms with Crippen LogP contribution >= 0.6 is 11.8 Å². The molecule has 1 saturated carbocycles. The first-order chi connectivity index (χ1) is 9.37. The molecule has 0 radical (unpaired) electrons. The van der Waals surface area contributed by atoms with E-state index in [2.05, 4.69) is 0 Å². The van der Waals surface area contributed by atoms with E-state index in [0.29, 0.717) is 5.56 Å². The fourth-order valence-electron chi connectivity index (χ4n) is 2.74. The molecule has 20 heavy (non-hydrogen) atoms. The van der Waals surface area contributed by atoms with E-state index in [4.69, 9.17) is 5.73 Å².